The molecular weight excluding hydrogens is 556 g/mol. The number of esters is 3. The molecule has 1 aliphatic heterocycles. The summed E-state index contributed by atoms with van der Waals surface area (Å²) < 4.78 is 24.0. The molecule has 9 heteroatoms. The minimum atomic E-state index is -1.33. The lowest BCUT2D eigenvalue weighted by Gasteiger charge is -2.44. The fraction of sp³-hybridized carbons (Fsp3) is 0.182. The van der Waals surface area contributed by atoms with E-state index in [-0.39, 0.29) is 16.7 Å². The summed E-state index contributed by atoms with van der Waals surface area (Å²) in [6, 6.07) is 34.2. The number of rotatable bonds is 9. The molecule has 4 aromatic carbocycles. The molecule has 1 aliphatic rings. The van der Waals surface area contributed by atoms with Crippen LogP contribution < -0.4 is 0 Å². The Morgan fingerprint density at radius 3 is 1.38 bits per heavy atom. The standard InChI is InChI=1S/C33H28O8S/c34-21-26-27(39-30(35)22-13-5-1-6-14-22)28(40-31(36)23-15-7-2-8-16-23)29(41-32(37)24-17-9-3-10-18-24)33(38-26)42-25-19-11-4-12-20-25/h1-20,26-29,33-34H,21H2/t26?,27-,28?,29?,33+/m1/s1. The van der Waals surface area contributed by atoms with Gasteiger partial charge in [-0.3, -0.25) is 0 Å². The van der Waals surface area contributed by atoms with Crippen molar-refractivity contribution in [2.45, 2.75) is 34.7 Å². The number of hydrogen-bond donors (Lipinski definition) is 1. The summed E-state index contributed by atoms with van der Waals surface area (Å²) >= 11 is 1.23. The summed E-state index contributed by atoms with van der Waals surface area (Å²) in [6.45, 7) is -0.558. The van der Waals surface area contributed by atoms with E-state index in [1.165, 1.54) is 11.8 Å². The number of thioether (sulfide) groups is 1. The van der Waals surface area contributed by atoms with E-state index < -0.39 is 54.4 Å². The molecule has 8 nitrogen and oxygen atoms in total. The first-order chi connectivity index (χ1) is 20.5. The molecule has 1 fully saturated rings. The highest BCUT2D eigenvalue weighted by molar-refractivity contribution is 7.99. The van der Waals surface area contributed by atoms with Gasteiger partial charge in [0, 0.05) is 4.90 Å². The van der Waals surface area contributed by atoms with Crippen molar-refractivity contribution in [1.29, 1.82) is 0 Å². The Morgan fingerprint density at radius 1 is 0.571 bits per heavy atom. The number of hydrogen-bond acceptors (Lipinski definition) is 9. The Labute approximate surface area is 247 Å². The average molecular weight is 585 g/mol. The van der Waals surface area contributed by atoms with Crippen molar-refractivity contribution in [1.82, 2.24) is 0 Å². The maximum Gasteiger partial charge on any atom is 0.338 e. The molecule has 1 saturated heterocycles. The van der Waals surface area contributed by atoms with Crippen LogP contribution in [0.15, 0.2) is 126 Å². The van der Waals surface area contributed by atoms with Crippen LogP contribution in [0.2, 0.25) is 0 Å². The SMILES string of the molecule is O=C(OC1C(OC(=O)c2ccccc2)[C@H](Sc2ccccc2)OC(CO)[C@H]1OC(=O)c1ccccc1)c1ccccc1. The van der Waals surface area contributed by atoms with Crippen LogP contribution in [0.5, 0.6) is 0 Å². The monoisotopic (exact) mass is 584 g/mol. The van der Waals surface area contributed by atoms with Crippen molar-refractivity contribution in [2.75, 3.05) is 6.61 Å². The van der Waals surface area contributed by atoms with Gasteiger partial charge in [-0.1, -0.05) is 84.6 Å². The van der Waals surface area contributed by atoms with Crippen LogP contribution in [-0.4, -0.2) is 59.5 Å². The van der Waals surface area contributed by atoms with E-state index in [2.05, 4.69) is 0 Å². The average Bonchev–Trinajstić information content (AvgIpc) is 3.05. The van der Waals surface area contributed by atoms with Crippen molar-refractivity contribution in [3.63, 3.8) is 0 Å². The number of carbonyl (C=O) groups excluding carboxylic acids is 3. The Bertz CT molecular complexity index is 1470. The van der Waals surface area contributed by atoms with Crippen LogP contribution >= 0.6 is 11.8 Å². The molecule has 0 radical (unpaired) electrons. The summed E-state index contributed by atoms with van der Waals surface area (Å²) in [6.07, 6.45) is -4.97. The molecule has 4 aromatic rings. The van der Waals surface area contributed by atoms with Gasteiger partial charge in [-0.25, -0.2) is 14.4 Å². The van der Waals surface area contributed by atoms with Gasteiger partial charge >= 0.3 is 17.9 Å². The normalized spacial score (nSPS) is 21.6. The van der Waals surface area contributed by atoms with Gasteiger partial charge in [0.1, 0.15) is 11.5 Å². The molecule has 0 bridgehead atoms. The fourth-order valence-electron chi connectivity index (χ4n) is 4.45. The van der Waals surface area contributed by atoms with Gasteiger partial charge in [0.2, 0.25) is 0 Å². The van der Waals surface area contributed by atoms with Crippen molar-refractivity contribution < 1.29 is 38.4 Å². The molecule has 0 aromatic heterocycles. The molecule has 0 aliphatic carbocycles. The zero-order chi connectivity index (χ0) is 29.3. The van der Waals surface area contributed by atoms with Gasteiger partial charge in [-0.15, -0.1) is 0 Å². The maximum absolute atomic E-state index is 13.4. The highest BCUT2D eigenvalue weighted by atomic mass is 32.2. The fourth-order valence-corrected chi connectivity index (χ4v) is 5.58. The third kappa shape index (κ3) is 7.06. The summed E-state index contributed by atoms with van der Waals surface area (Å²) in [5, 5.41) is 10.4. The van der Waals surface area contributed by atoms with Gasteiger partial charge in [0.25, 0.3) is 0 Å². The minimum absolute atomic E-state index is 0.248. The van der Waals surface area contributed by atoms with Crippen LogP contribution in [0.4, 0.5) is 0 Å². The summed E-state index contributed by atoms with van der Waals surface area (Å²) in [5.74, 6) is -2.12. The highest BCUT2D eigenvalue weighted by Gasteiger charge is 2.52. The van der Waals surface area contributed by atoms with E-state index in [9.17, 15) is 19.5 Å². The first-order valence-corrected chi connectivity index (χ1v) is 14.2. The van der Waals surface area contributed by atoms with E-state index >= 15 is 0 Å². The van der Waals surface area contributed by atoms with Gasteiger partial charge in [0.15, 0.2) is 18.3 Å². The van der Waals surface area contributed by atoms with Crippen LogP contribution in [0.1, 0.15) is 31.1 Å². The zero-order valence-corrected chi connectivity index (χ0v) is 23.2. The number of aliphatic hydroxyl groups excluding tert-OH is 1. The molecule has 5 rings (SSSR count). The topological polar surface area (TPSA) is 108 Å². The smallest absolute Gasteiger partial charge is 0.338 e. The van der Waals surface area contributed by atoms with Crippen LogP contribution in [0, 0.1) is 0 Å². The van der Waals surface area contributed by atoms with E-state index in [1.54, 1.807) is 91.0 Å². The predicted molar refractivity (Wildman–Crippen MR) is 155 cm³/mol. The molecular formula is C33H28O8S. The second kappa shape index (κ2) is 14.0. The highest BCUT2D eigenvalue weighted by Crippen LogP contribution is 2.38. The van der Waals surface area contributed by atoms with Gasteiger partial charge in [-0.05, 0) is 48.5 Å². The molecule has 3 unspecified atom stereocenters. The lowest BCUT2D eigenvalue weighted by molar-refractivity contribution is -0.207. The molecule has 0 saturated carbocycles. The molecule has 5 atom stereocenters. The molecule has 0 spiro atoms. The minimum Gasteiger partial charge on any atom is -0.452 e. The summed E-state index contributed by atoms with van der Waals surface area (Å²) in [5.41, 5.74) is -0.160. The maximum atomic E-state index is 13.4. The van der Waals surface area contributed by atoms with Gasteiger partial charge < -0.3 is 24.1 Å². The second-order valence-corrected chi connectivity index (χ2v) is 10.5. The van der Waals surface area contributed by atoms with Crippen molar-refractivity contribution in [3.05, 3.63) is 138 Å². The number of benzene rings is 4. The van der Waals surface area contributed by atoms with Gasteiger partial charge in [0.05, 0.1) is 23.3 Å². The number of aliphatic hydroxyl groups is 1. The van der Waals surface area contributed by atoms with E-state index in [0.717, 1.165) is 4.90 Å². The van der Waals surface area contributed by atoms with Gasteiger partial charge in [-0.2, -0.15) is 0 Å². The van der Waals surface area contributed by atoms with E-state index in [1.807, 2.05) is 30.3 Å². The molecule has 42 heavy (non-hydrogen) atoms. The molecule has 0 amide bonds. The lowest BCUT2D eigenvalue weighted by Crippen LogP contribution is -2.61. The Hall–Kier alpha value is -4.44. The van der Waals surface area contributed by atoms with E-state index in [4.69, 9.17) is 18.9 Å². The summed E-state index contributed by atoms with van der Waals surface area (Å²) in [4.78, 5) is 40.7. The summed E-state index contributed by atoms with van der Waals surface area (Å²) in [7, 11) is 0. The van der Waals surface area contributed by atoms with Crippen LogP contribution in [0.25, 0.3) is 0 Å². The van der Waals surface area contributed by atoms with Crippen LogP contribution in [0.3, 0.4) is 0 Å². The van der Waals surface area contributed by atoms with Crippen molar-refractivity contribution in [2.24, 2.45) is 0 Å². The van der Waals surface area contributed by atoms with Crippen molar-refractivity contribution in [3.8, 4) is 0 Å². The Kier molecular flexibility index (Phi) is 9.66. The lowest BCUT2D eigenvalue weighted by atomic mass is 9.98. The zero-order valence-electron chi connectivity index (χ0n) is 22.4. The number of ether oxygens (including phenoxy) is 4. The van der Waals surface area contributed by atoms with Crippen molar-refractivity contribution >= 4 is 29.7 Å². The number of carbonyl (C=O) groups is 3. The first-order valence-electron chi connectivity index (χ1n) is 13.3. The third-order valence-electron chi connectivity index (χ3n) is 6.52. The predicted octanol–water partition coefficient (Wildman–Crippen LogP) is 5.17. The first kappa shape index (κ1) is 29.1. The molecule has 1 N–H and O–H groups in total. The molecule has 1 heterocycles. The quantitative estimate of drug-likeness (QED) is 0.210. The van der Waals surface area contributed by atoms with Crippen LogP contribution in [-0.2, 0) is 18.9 Å². The Morgan fingerprint density at radius 2 is 0.952 bits per heavy atom. The second-order valence-electron chi connectivity index (χ2n) is 9.36. The van der Waals surface area contributed by atoms with E-state index in [0.29, 0.717) is 0 Å². The molecule has 214 valence electrons. The largest absolute Gasteiger partial charge is 0.452 e. The Balaban J connectivity index is 1.54. The third-order valence-corrected chi connectivity index (χ3v) is 7.68.